The third kappa shape index (κ3) is 0.701. The van der Waals surface area contributed by atoms with Gasteiger partial charge in [-0.05, 0) is 19.8 Å². The number of rotatable bonds is 1. The molecule has 0 bridgehead atoms. The predicted molar refractivity (Wildman–Crippen MR) is 39.1 cm³/mol. The Bertz CT molecular complexity index is 247. The highest BCUT2D eigenvalue weighted by Crippen LogP contribution is 2.38. The van der Waals surface area contributed by atoms with Gasteiger partial charge in [0.2, 0.25) is 0 Å². The molecule has 3 nitrogen and oxygen atoms in total. The SMILES string of the molecule is Cc1cnc(C2CC2)n1N. The zero-order valence-corrected chi connectivity index (χ0v) is 6.04. The second kappa shape index (κ2) is 1.75. The molecule has 0 radical (unpaired) electrons. The zero-order valence-electron chi connectivity index (χ0n) is 6.04. The number of aromatic nitrogens is 2. The molecular weight excluding hydrogens is 126 g/mol. The standard InChI is InChI=1S/C7H11N3/c1-5-4-9-7(10(5)8)6-2-3-6/h4,6H,2-3,8H2,1H3. The van der Waals surface area contributed by atoms with E-state index < -0.39 is 0 Å². The smallest absolute Gasteiger partial charge is 0.130 e. The lowest BCUT2D eigenvalue weighted by Crippen LogP contribution is -2.13. The van der Waals surface area contributed by atoms with Crippen molar-refractivity contribution in [3.8, 4) is 0 Å². The van der Waals surface area contributed by atoms with Crippen molar-refractivity contribution in [3.63, 3.8) is 0 Å². The maximum Gasteiger partial charge on any atom is 0.130 e. The van der Waals surface area contributed by atoms with Gasteiger partial charge in [0.05, 0.1) is 11.9 Å². The van der Waals surface area contributed by atoms with Crippen molar-refractivity contribution >= 4 is 0 Å². The lowest BCUT2D eigenvalue weighted by Gasteiger charge is -1.98. The molecule has 1 fully saturated rings. The molecule has 1 aliphatic carbocycles. The fourth-order valence-electron chi connectivity index (χ4n) is 1.11. The van der Waals surface area contributed by atoms with Crippen LogP contribution in [0.2, 0.25) is 0 Å². The van der Waals surface area contributed by atoms with Crippen molar-refractivity contribution in [2.45, 2.75) is 25.7 Å². The number of aryl methyl sites for hydroxylation is 1. The molecule has 0 aromatic carbocycles. The minimum absolute atomic E-state index is 0.652. The van der Waals surface area contributed by atoms with Crippen molar-refractivity contribution in [2.75, 3.05) is 5.84 Å². The summed E-state index contributed by atoms with van der Waals surface area (Å²) in [6, 6.07) is 0. The second-order valence-electron chi connectivity index (χ2n) is 2.90. The third-order valence-corrected chi connectivity index (χ3v) is 1.95. The van der Waals surface area contributed by atoms with Gasteiger partial charge in [-0.3, -0.25) is 4.68 Å². The van der Waals surface area contributed by atoms with Crippen molar-refractivity contribution in [1.82, 2.24) is 9.66 Å². The van der Waals surface area contributed by atoms with E-state index in [-0.39, 0.29) is 0 Å². The zero-order chi connectivity index (χ0) is 7.14. The Balaban J connectivity index is 2.40. The van der Waals surface area contributed by atoms with Crippen molar-refractivity contribution < 1.29 is 0 Å². The molecule has 2 rings (SSSR count). The van der Waals surface area contributed by atoms with Crippen LogP contribution in [0.15, 0.2) is 6.20 Å². The summed E-state index contributed by atoms with van der Waals surface area (Å²) in [7, 11) is 0. The molecule has 0 unspecified atom stereocenters. The number of nitrogen functional groups attached to an aromatic ring is 1. The molecule has 10 heavy (non-hydrogen) atoms. The van der Waals surface area contributed by atoms with Gasteiger partial charge in [-0.1, -0.05) is 0 Å². The first-order valence-electron chi connectivity index (χ1n) is 3.58. The van der Waals surface area contributed by atoms with Gasteiger partial charge in [0.15, 0.2) is 0 Å². The summed E-state index contributed by atoms with van der Waals surface area (Å²) in [5.74, 6) is 7.40. The van der Waals surface area contributed by atoms with Gasteiger partial charge in [-0.25, -0.2) is 4.98 Å². The van der Waals surface area contributed by atoms with Crippen LogP contribution in [-0.4, -0.2) is 9.66 Å². The molecule has 0 aliphatic heterocycles. The van der Waals surface area contributed by atoms with Gasteiger partial charge in [-0.2, -0.15) is 0 Å². The average Bonchev–Trinajstić information content (AvgIpc) is 2.67. The van der Waals surface area contributed by atoms with E-state index in [1.807, 2.05) is 13.1 Å². The van der Waals surface area contributed by atoms with Crippen molar-refractivity contribution in [3.05, 3.63) is 17.7 Å². The molecule has 54 valence electrons. The molecule has 0 atom stereocenters. The van der Waals surface area contributed by atoms with Crippen LogP contribution >= 0.6 is 0 Å². The summed E-state index contributed by atoms with van der Waals surface area (Å²) >= 11 is 0. The van der Waals surface area contributed by atoms with Crippen LogP contribution in [0.1, 0.15) is 30.3 Å². The van der Waals surface area contributed by atoms with Crippen LogP contribution in [0.25, 0.3) is 0 Å². The fraction of sp³-hybridized carbons (Fsp3) is 0.571. The topological polar surface area (TPSA) is 43.8 Å². The quantitative estimate of drug-likeness (QED) is 0.581. The molecule has 1 aromatic rings. The van der Waals surface area contributed by atoms with Crippen LogP contribution in [-0.2, 0) is 0 Å². The highest BCUT2D eigenvalue weighted by atomic mass is 15.3. The molecular formula is C7H11N3. The van der Waals surface area contributed by atoms with Gasteiger partial charge in [0, 0.05) is 5.92 Å². The highest BCUT2D eigenvalue weighted by Gasteiger charge is 2.28. The maximum atomic E-state index is 5.70. The lowest BCUT2D eigenvalue weighted by atomic mass is 10.4. The van der Waals surface area contributed by atoms with Crippen LogP contribution < -0.4 is 5.84 Å². The number of imidazole rings is 1. The van der Waals surface area contributed by atoms with E-state index in [9.17, 15) is 0 Å². The normalized spacial score (nSPS) is 17.7. The average molecular weight is 137 g/mol. The second-order valence-corrected chi connectivity index (χ2v) is 2.90. The maximum absolute atomic E-state index is 5.70. The third-order valence-electron chi connectivity index (χ3n) is 1.95. The summed E-state index contributed by atoms with van der Waals surface area (Å²) in [6.07, 6.45) is 4.34. The Kier molecular flexibility index (Phi) is 1.01. The summed E-state index contributed by atoms with van der Waals surface area (Å²) < 4.78 is 1.69. The van der Waals surface area contributed by atoms with Crippen LogP contribution in [0.5, 0.6) is 0 Å². The Labute approximate surface area is 59.8 Å². The Morgan fingerprint density at radius 3 is 2.80 bits per heavy atom. The Hall–Kier alpha value is -0.990. The molecule has 1 aliphatic rings. The summed E-state index contributed by atoms with van der Waals surface area (Å²) in [5, 5.41) is 0. The van der Waals surface area contributed by atoms with Crippen LogP contribution in [0, 0.1) is 6.92 Å². The summed E-state index contributed by atoms with van der Waals surface area (Å²) in [6.45, 7) is 1.97. The van der Waals surface area contributed by atoms with E-state index in [4.69, 9.17) is 5.84 Å². The van der Waals surface area contributed by atoms with Gasteiger partial charge in [0.25, 0.3) is 0 Å². The van der Waals surface area contributed by atoms with Gasteiger partial charge in [0.1, 0.15) is 5.82 Å². The molecule has 1 saturated carbocycles. The van der Waals surface area contributed by atoms with Crippen LogP contribution in [0.4, 0.5) is 0 Å². The minimum Gasteiger partial charge on any atom is -0.338 e. The molecule has 0 spiro atoms. The minimum atomic E-state index is 0.652. The Morgan fingerprint density at radius 1 is 1.70 bits per heavy atom. The molecule has 0 saturated heterocycles. The molecule has 1 heterocycles. The van der Waals surface area contributed by atoms with E-state index >= 15 is 0 Å². The van der Waals surface area contributed by atoms with E-state index in [0.717, 1.165) is 11.5 Å². The summed E-state index contributed by atoms with van der Waals surface area (Å²) in [5.41, 5.74) is 1.04. The molecule has 1 aromatic heterocycles. The van der Waals surface area contributed by atoms with Crippen molar-refractivity contribution in [1.29, 1.82) is 0 Å². The largest absolute Gasteiger partial charge is 0.338 e. The van der Waals surface area contributed by atoms with Gasteiger partial charge < -0.3 is 5.84 Å². The number of hydrogen-bond acceptors (Lipinski definition) is 2. The number of nitrogens with zero attached hydrogens (tertiary/aromatic N) is 2. The van der Waals surface area contributed by atoms with Crippen LogP contribution in [0.3, 0.4) is 0 Å². The first-order valence-corrected chi connectivity index (χ1v) is 3.58. The lowest BCUT2D eigenvalue weighted by molar-refractivity contribution is 0.828. The number of hydrogen-bond donors (Lipinski definition) is 1. The van der Waals surface area contributed by atoms with E-state index in [1.165, 1.54) is 12.8 Å². The highest BCUT2D eigenvalue weighted by molar-refractivity contribution is 5.12. The predicted octanol–water partition coefficient (Wildman–Crippen LogP) is 0.783. The number of nitrogens with two attached hydrogens (primary N) is 1. The van der Waals surface area contributed by atoms with Gasteiger partial charge >= 0.3 is 0 Å². The first kappa shape index (κ1) is 5.77. The monoisotopic (exact) mass is 137 g/mol. The molecule has 3 heteroatoms. The summed E-state index contributed by atoms with van der Waals surface area (Å²) in [4.78, 5) is 4.22. The Morgan fingerprint density at radius 2 is 2.40 bits per heavy atom. The van der Waals surface area contributed by atoms with E-state index in [2.05, 4.69) is 4.98 Å². The van der Waals surface area contributed by atoms with Gasteiger partial charge in [-0.15, -0.1) is 0 Å². The first-order chi connectivity index (χ1) is 4.79. The fourth-order valence-corrected chi connectivity index (χ4v) is 1.11. The van der Waals surface area contributed by atoms with E-state index in [1.54, 1.807) is 4.68 Å². The molecule has 0 amide bonds. The van der Waals surface area contributed by atoms with Crippen molar-refractivity contribution in [2.24, 2.45) is 0 Å². The molecule has 2 N–H and O–H groups in total. The van der Waals surface area contributed by atoms with E-state index in [0.29, 0.717) is 5.92 Å².